The van der Waals surface area contributed by atoms with E-state index in [0.29, 0.717) is 11.4 Å². The molecule has 0 saturated carbocycles. The van der Waals surface area contributed by atoms with Crippen LogP contribution in [0.1, 0.15) is 18.4 Å². The normalized spacial score (nSPS) is 12.0. The molecule has 0 fully saturated rings. The van der Waals surface area contributed by atoms with Crippen molar-refractivity contribution in [2.24, 2.45) is 0 Å². The van der Waals surface area contributed by atoms with Crippen LogP contribution in [0.25, 0.3) is 0 Å². The van der Waals surface area contributed by atoms with Crippen molar-refractivity contribution in [1.29, 1.82) is 0 Å². The Balaban J connectivity index is 2.01. The Morgan fingerprint density at radius 1 is 1.06 bits per heavy atom. The Kier molecular flexibility index (Phi) is 8.13. The van der Waals surface area contributed by atoms with Crippen molar-refractivity contribution in [3.63, 3.8) is 0 Å². The number of nitrogens with one attached hydrogen (secondary N) is 1. The van der Waals surface area contributed by atoms with E-state index < -0.39 is 27.7 Å². The van der Waals surface area contributed by atoms with Crippen LogP contribution in [0.5, 0.6) is 5.75 Å². The predicted octanol–water partition coefficient (Wildman–Crippen LogP) is 3.82. The Hall–Kier alpha value is -2.79. The van der Waals surface area contributed by atoms with Crippen LogP contribution < -0.4 is 15.0 Å². The average molecular weight is 474 g/mol. The zero-order chi connectivity index (χ0) is 24.1. The van der Waals surface area contributed by atoms with Crippen LogP contribution in [0.4, 0.5) is 24.5 Å². The van der Waals surface area contributed by atoms with E-state index >= 15 is 0 Å². The molecule has 0 aliphatic rings. The van der Waals surface area contributed by atoms with Gasteiger partial charge < -0.3 is 15.0 Å². The number of hydrogen-bond donors (Lipinski definition) is 1. The molecule has 2 aromatic carbocycles. The van der Waals surface area contributed by atoms with E-state index in [0.717, 1.165) is 16.4 Å². The Morgan fingerprint density at radius 3 is 2.22 bits per heavy atom. The standard InChI is InChI=1S/C21H26F3N3O4S/c1-26(2)19-12-7-15(21(22,23)24)14-18(19)25-20(28)6-5-13-27(3)32(29,30)17-10-8-16(31-4)9-11-17/h7-12,14H,5-6,13H2,1-4H3,(H,25,28). The number of carbonyl (C=O) groups excluding carboxylic acids is 1. The first kappa shape index (κ1) is 25.5. The first-order valence-electron chi connectivity index (χ1n) is 9.65. The third-order valence-electron chi connectivity index (χ3n) is 4.72. The second-order valence-electron chi connectivity index (χ2n) is 7.28. The minimum atomic E-state index is -4.54. The second-order valence-corrected chi connectivity index (χ2v) is 9.32. The summed E-state index contributed by atoms with van der Waals surface area (Å²) in [5.41, 5.74) is -0.414. The summed E-state index contributed by atoms with van der Waals surface area (Å²) in [6, 6.07) is 9.03. The molecule has 2 rings (SSSR count). The van der Waals surface area contributed by atoms with Crippen molar-refractivity contribution in [2.75, 3.05) is 45.0 Å². The van der Waals surface area contributed by atoms with E-state index in [1.807, 2.05) is 0 Å². The lowest BCUT2D eigenvalue weighted by molar-refractivity contribution is -0.137. The lowest BCUT2D eigenvalue weighted by Crippen LogP contribution is -2.28. The number of hydrogen-bond acceptors (Lipinski definition) is 5. The minimum absolute atomic E-state index is 0.0361. The second kappa shape index (κ2) is 10.2. The van der Waals surface area contributed by atoms with Crippen molar-refractivity contribution in [3.05, 3.63) is 48.0 Å². The fourth-order valence-electron chi connectivity index (χ4n) is 2.93. The zero-order valence-electron chi connectivity index (χ0n) is 18.2. The molecule has 0 unspecified atom stereocenters. The number of methoxy groups -OCH3 is 1. The fraction of sp³-hybridized carbons (Fsp3) is 0.381. The lowest BCUT2D eigenvalue weighted by Gasteiger charge is -2.20. The topological polar surface area (TPSA) is 79.0 Å². The maximum atomic E-state index is 13.0. The number of halogens is 3. The highest BCUT2D eigenvalue weighted by molar-refractivity contribution is 7.89. The summed E-state index contributed by atoms with van der Waals surface area (Å²) in [7, 11) is 2.42. The molecule has 0 saturated heterocycles. The number of amides is 1. The maximum Gasteiger partial charge on any atom is 0.416 e. The van der Waals surface area contributed by atoms with Crippen LogP contribution in [0.15, 0.2) is 47.4 Å². The number of benzene rings is 2. The summed E-state index contributed by atoms with van der Waals surface area (Å²) in [6.07, 6.45) is -4.41. The molecule has 2 aromatic rings. The van der Waals surface area contributed by atoms with E-state index in [1.54, 1.807) is 19.0 Å². The highest BCUT2D eigenvalue weighted by atomic mass is 32.2. The molecule has 0 aromatic heterocycles. The number of alkyl halides is 3. The molecule has 0 spiro atoms. The molecular formula is C21H26F3N3O4S. The van der Waals surface area contributed by atoms with Crippen molar-refractivity contribution in [3.8, 4) is 5.75 Å². The zero-order valence-corrected chi connectivity index (χ0v) is 19.0. The van der Waals surface area contributed by atoms with Crippen LogP contribution in [-0.2, 0) is 21.0 Å². The van der Waals surface area contributed by atoms with Gasteiger partial charge in [-0.2, -0.15) is 13.2 Å². The molecular weight excluding hydrogens is 447 g/mol. The Bertz CT molecular complexity index is 1040. The molecule has 0 aliphatic heterocycles. The largest absolute Gasteiger partial charge is 0.497 e. The van der Waals surface area contributed by atoms with Gasteiger partial charge in [0.05, 0.1) is 28.9 Å². The van der Waals surface area contributed by atoms with Gasteiger partial charge >= 0.3 is 6.18 Å². The summed E-state index contributed by atoms with van der Waals surface area (Å²) >= 11 is 0. The van der Waals surface area contributed by atoms with Gasteiger partial charge in [0, 0.05) is 34.1 Å². The number of nitrogens with zero attached hydrogens (tertiary/aromatic N) is 2. The number of carbonyl (C=O) groups is 1. The van der Waals surface area contributed by atoms with Gasteiger partial charge in [-0.15, -0.1) is 0 Å². The van der Waals surface area contributed by atoms with E-state index in [1.165, 1.54) is 44.5 Å². The van der Waals surface area contributed by atoms with E-state index in [-0.39, 0.29) is 30.0 Å². The first-order chi connectivity index (χ1) is 14.9. The molecule has 32 heavy (non-hydrogen) atoms. The molecule has 0 atom stereocenters. The highest BCUT2D eigenvalue weighted by Crippen LogP contribution is 2.35. The van der Waals surface area contributed by atoms with Crippen molar-refractivity contribution < 1.29 is 31.1 Å². The molecule has 176 valence electrons. The van der Waals surface area contributed by atoms with Gasteiger partial charge in [0.2, 0.25) is 15.9 Å². The molecule has 1 N–H and O–H groups in total. The first-order valence-corrected chi connectivity index (χ1v) is 11.1. The van der Waals surface area contributed by atoms with Crippen LogP contribution in [0, 0.1) is 0 Å². The van der Waals surface area contributed by atoms with Crippen molar-refractivity contribution in [1.82, 2.24) is 4.31 Å². The molecule has 0 heterocycles. The molecule has 1 amide bonds. The highest BCUT2D eigenvalue weighted by Gasteiger charge is 2.31. The summed E-state index contributed by atoms with van der Waals surface area (Å²) in [4.78, 5) is 14.0. The minimum Gasteiger partial charge on any atom is -0.497 e. The number of anilines is 2. The van der Waals surface area contributed by atoms with Gasteiger partial charge in [0.15, 0.2) is 0 Å². The average Bonchev–Trinajstić information content (AvgIpc) is 2.72. The van der Waals surface area contributed by atoms with Gasteiger partial charge in [0.25, 0.3) is 0 Å². The van der Waals surface area contributed by atoms with Crippen molar-refractivity contribution >= 4 is 27.3 Å². The number of ether oxygens (including phenoxy) is 1. The molecule has 0 radical (unpaired) electrons. The van der Waals surface area contributed by atoms with Gasteiger partial charge in [-0.25, -0.2) is 12.7 Å². The third kappa shape index (κ3) is 6.36. The van der Waals surface area contributed by atoms with E-state index in [2.05, 4.69) is 5.32 Å². The SMILES string of the molecule is COc1ccc(S(=O)(=O)N(C)CCCC(=O)Nc2cc(C(F)(F)F)ccc2N(C)C)cc1. The van der Waals surface area contributed by atoms with Crippen molar-refractivity contribution in [2.45, 2.75) is 23.9 Å². The Morgan fingerprint density at radius 2 is 1.69 bits per heavy atom. The summed E-state index contributed by atoms with van der Waals surface area (Å²) in [5, 5.41) is 2.50. The van der Waals surface area contributed by atoms with Gasteiger partial charge in [-0.3, -0.25) is 4.79 Å². The molecule has 0 aliphatic carbocycles. The van der Waals surface area contributed by atoms with Crippen LogP contribution in [0.2, 0.25) is 0 Å². The van der Waals surface area contributed by atoms with Gasteiger partial charge in [-0.05, 0) is 48.9 Å². The molecule has 11 heteroatoms. The summed E-state index contributed by atoms with van der Waals surface area (Å²) < 4.78 is 70.5. The Labute approximate surface area is 185 Å². The third-order valence-corrected chi connectivity index (χ3v) is 6.60. The maximum absolute atomic E-state index is 13.0. The van der Waals surface area contributed by atoms with Crippen LogP contribution in [0.3, 0.4) is 0 Å². The van der Waals surface area contributed by atoms with Crippen LogP contribution >= 0.6 is 0 Å². The van der Waals surface area contributed by atoms with Crippen LogP contribution in [-0.4, -0.2) is 53.4 Å². The quantitative estimate of drug-likeness (QED) is 0.599. The monoisotopic (exact) mass is 473 g/mol. The van der Waals surface area contributed by atoms with Gasteiger partial charge in [-0.1, -0.05) is 0 Å². The smallest absolute Gasteiger partial charge is 0.416 e. The summed E-state index contributed by atoms with van der Waals surface area (Å²) in [6.45, 7) is 0.0604. The molecule has 0 bridgehead atoms. The number of sulfonamides is 1. The fourth-order valence-corrected chi connectivity index (χ4v) is 4.13. The number of rotatable bonds is 9. The predicted molar refractivity (Wildman–Crippen MR) is 116 cm³/mol. The molecule has 7 nitrogen and oxygen atoms in total. The summed E-state index contributed by atoms with van der Waals surface area (Å²) in [5.74, 6) is 0.0117. The van der Waals surface area contributed by atoms with E-state index in [4.69, 9.17) is 4.74 Å². The lowest BCUT2D eigenvalue weighted by atomic mass is 10.1. The van der Waals surface area contributed by atoms with Gasteiger partial charge in [0.1, 0.15) is 5.75 Å². The van der Waals surface area contributed by atoms with E-state index in [9.17, 15) is 26.4 Å².